The summed E-state index contributed by atoms with van der Waals surface area (Å²) in [6.07, 6.45) is 0. The fourth-order valence-electron chi connectivity index (χ4n) is 3.47. The molecule has 0 unspecified atom stereocenters. The Kier molecular flexibility index (Phi) is 6.72. The summed E-state index contributed by atoms with van der Waals surface area (Å²) in [6.45, 7) is 0.268. The summed E-state index contributed by atoms with van der Waals surface area (Å²) < 4.78 is 28.1. The summed E-state index contributed by atoms with van der Waals surface area (Å²) in [6, 6.07) is 25.4. The standard InChI is InChI=1S/C26H22N2O5S/c29-25(27-16-18-8-10-21(11-9-18)26(30)31)23-7-3-4-19(14-23)17-28-34(32,33)24-13-12-20-5-1-2-6-22(20)15-24/h1-15,28H,16-17H2,(H,27,29)(H,30,31). The van der Waals surface area contributed by atoms with E-state index in [9.17, 15) is 18.0 Å². The molecule has 3 N–H and O–H groups in total. The number of fused-ring (bicyclic) bond motifs is 1. The molecule has 0 saturated heterocycles. The second-order valence-corrected chi connectivity index (χ2v) is 9.49. The van der Waals surface area contributed by atoms with Gasteiger partial charge in [-0.1, -0.05) is 54.6 Å². The lowest BCUT2D eigenvalue weighted by molar-refractivity contribution is 0.0696. The number of hydrogen-bond donors (Lipinski definition) is 3. The van der Waals surface area contributed by atoms with Gasteiger partial charge in [-0.05, 0) is 58.3 Å². The molecule has 0 aromatic heterocycles. The van der Waals surface area contributed by atoms with Gasteiger partial charge in [0.1, 0.15) is 0 Å². The van der Waals surface area contributed by atoms with Crippen LogP contribution < -0.4 is 10.0 Å². The number of carbonyl (C=O) groups excluding carboxylic acids is 1. The van der Waals surface area contributed by atoms with Crippen molar-refractivity contribution in [1.29, 1.82) is 0 Å². The molecule has 0 aliphatic carbocycles. The Balaban J connectivity index is 1.39. The van der Waals surface area contributed by atoms with Crippen LogP contribution in [0.4, 0.5) is 0 Å². The highest BCUT2D eigenvalue weighted by atomic mass is 32.2. The molecule has 0 saturated carbocycles. The number of carbonyl (C=O) groups is 2. The molecule has 7 nitrogen and oxygen atoms in total. The number of rotatable bonds is 8. The molecular formula is C26H22N2O5S. The lowest BCUT2D eigenvalue weighted by atomic mass is 10.1. The fourth-order valence-corrected chi connectivity index (χ4v) is 4.52. The number of benzene rings is 4. The molecule has 0 aliphatic rings. The third-order valence-electron chi connectivity index (χ3n) is 5.34. The average Bonchev–Trinajstić information content (AvgIpc) is 2.86. The highest BCUT2D eigenvalue weighted by molar-refractivity contribution is 7.89. The van der Waals surface area contributed by atoms with E-state index in [1.165, 1.54) is 12.1 Å². The van der Waals surface area contributed by atoms with Crippen molar-refractivity contribution in [3.8, 4) is 0 Å². The minimum absolute atomic E-state index is 0.0347. The van der Waals surface area contributed by atoms with Crippen LogP contribution in [0.2, 0.25) is 0 Å². The summed E-state index contributed by atoms with van der Waals surface area (Å²) in [5.41, 5.74) is 1.97. The molecule has 8 heteroatoms. The largest absolute Gasteiger partial charge is 0.478 e. The van der Waals surface area contributed by atoms with Crippen LogP contribution in [-0.2, 0) is 23.1 Å². The van der Waals surface area contributed by atoms with E-state index in [4.69, 9.17) is 5.11 Å². The van der Waals surface area contributed by atoms with Crippen LogP contribution >= 0.6 is 0 Å². The molecule has 0 heterocycles. The fraction of sp³-hybridized carbons (Fsp3) is 0.0769. The maximum atomic E-state index is 12.8. The minimum atomic E-state index is -3.73. The van der Waals surface area contributed by atoms with E-state index in [0.717, 1.165) is 16.3 Å². The summed E-state index contributed by atoms with van der Waals surface area (Å²) in [5.74, 6) is -1.33. The normalized spacial score (nSPS) is 11.3. The minimum Gasteiger partial charge on any atom is -0.478 e. The van der Waals surface area contributed by atoms with E-state index in [0.29, 0.717) is 11.1 Å². The van der Waals surface area contributed by atoms with Crippen LogP contribution in [0, 0.1) is 0 Å². The first-order chi connectivity index (χ1) is 16.3. The number of aromatic carboxylic acids is 1. The van der Waals surface area contributed by atoms with Crippen LogP contribution in [0.15, 0.2) is 95.9 Å². The van der Waals surface area contributed by atoms with Crippen molar-refractivity contribution in [3.05, 3.63) is 113 Å². The van der Waals surface area contributed by atoms with E-state index in [1.807, 2.05) is 24.3 Å². The van der Waals surface area contributed by atoms with Crippen LogP contribution in [0.25, 0.3) is 10.8 Å². The van der Waals surface area contributed by atoms with Gasteiger partial charge >= 0.3 is 5.97 Å². The van der Waals surface area contributed by atoms with Gasteiger partial charge in [-0.3, -0.25) is 4.79 Å². The van der Waals surface area contributed by atoms with Crippen molar-refractivity contribution in [2.75, 3.05) is 0 Å². The van der Waals surface area contributed by atoms with Crippen LogP contribution in [-0.4, -0.2) is 25.4 Å². The molecule has 4 aromatic carbocycles. The van der Waals surface area contributed by atoms with Gasteiger partial charge in [-0.15, -0.1) is 0 Å². The first-order valence-corrected chi connectivity index (χ1v) is 12.0. The van der Waals surface area contributed by atoms with Crippen molar-refractivity contribution in [3.63, 3.8) is 0 Å². The topological polar surface area (TPSA) is 113 Å². The third-order valence-corrected chi connectivity index (χ3v) is 6.74. The number of amides is 1. The summed E-state index contributed by atoms with van der Waals surface area (Å²) in [5, 5.41) is 13.5. The second kappa shape index (κ2) is 9.86. The highest BCUT2D eigenvalue weighted by Gasteiger charge is 2.15. The lowest BCUT2D eigenvalue weighted by Gasteiger charge is -2.10. The molecule has 34 heavy (non-hydrogen) atoms. The van der Waals surface area contributed by atoms with Gasteiger partial charge in [0.2, 0.25) is 10.0 Å². The number of carboxylic acid groups (broad SMARTS) is 1. The number of carboxylic acids is 1. The van der Waals surface area contributed by atoms with Crippen molar-refractivity contribution in [2.24, 2.45) is 0 Å². The number of sulfonamides is 1. The first-order valence-electron chi connectivity index (χ1n) is 10.5. The number of hydrogen-bond acceptors (Lipinski definition) is 4. The van der Waals surface area contributed by atoms with Crippen molar-refractivity contribution in [1.82, 2.24) is 10.0 Å². The molecule has 4 aromatic rings. The molecule has 0 spiro atoms. The SMILES string of the molecule is O=C(O)c1ccc(CNC(=O)c2cccc(CNS(=O)(=O)c3ccc4ccccc4c3)c2)cc1. The van der Waals surface area contributed by atoms with E-state index >= 15 is 0 Å². The molecule has 0 radical (unpaired) electrons. The van der Waals surface area contributed by atoms with Gasteiger partial charge in [-0.25, -0.2) is 17.9 Å². The molecule has 0 atom stereocenters. The van der Waals surface area contributed by atoms with Crippen molar-refractivity contribution >= 4 is 32.7 Å². The Labute approximate surface area is 197 Å². The number of nitrogens with one attached hydrogen (secondary N) is 2. The molecule has 0 aliphatic heterocycles. The predicted octanol–water partition coefficient (Wildman–Crippen LogP) is 3.95. The molecule has 172 valence electrons. The lowest BCUT2D eigenvalue weighted by Crippen LogP contribution is -2.24. The zero-order chi connectivity index (χ0) is 24.1. The van der Waals surface area contributed by atoms with Gasteiger partial charge < -0.3 is 10.4 Å². The highest BCUT2D eigenvalue weighted by Crippen LogP contribution is 2.19. The quantitative estimate of drug-likeness (QED) is 0.358. The Morgan fingerprint density at radius 2 is 1.44 bits per heavy atom. The molecule has 1 amide bonds. The zero-order valence-corrected chi connectivity index (χ0v) is 18.9. The Morgan fingerprint density at radius 1 is 0.706 bits per heavy atom. The average molecular weight is 475 g/mol. The van der Waals surface area contributed by atoms with Gasteiger partial charge in [0.15, 0.2) is 0 Å². The molecule has 0 bridgehead atoms. The van der Waals surface area contributed by atoms with Crippen LogP contribution in [0.3, 0.4) is 0 Å². The zero-order valence-electron chi connectivity index (χ0n) is 18.1. The summed E-state index contributed by atoms with van der Waals surface area (Å²) >= 11 is 0. The van der Waals surface area contributed by atoms with Gasteiger partial charge in [0.05, 0.1) is 10.5 Å². The maximum Gasteiger partial charge on any atom is 0.335 e. The van der Waals surface area contributed by atoms with Crippen LogP contribution in [0.1, 0.15) is 31.8 Å². The van der Waals surface area contributed by atoms with Crippen molar-refractivity contribution < 1.29 is 23.1 Å². The molecule has 0 fully saturated rings. The Bertz CT molecular complexity index is 1460. The Morgan fingerprint density at radius 3 is 2.18 bits per heavy atom. The van der Waals surface area contributed by atoms with E-state index < -0.39 is 16.0 Å². The molecular weight excluding hydrogens is 452 g/mol. The van der Waals surface area contributed by atoms with E-state index in [-0.39, 0.29) is 29.5 Å². The van der Waals surface area contributed by atoms with Gasteiger partial charge in [-0.2, -0.15) is 0 Å². The van der Waals surface area contributed by atoms with Crippen molar-refractivity contribution in [2.45, 2.75) is 18.0 Å². The first kappa shape index (κ1) is 23.2. The van der Waals surface area contributed by atoms with E-state index in [2.05, 4.69) is 10.0 Å². The van der Waals surface area contributed by atoms with Gasteiger partial charge in [0, 0.05) is 18.7 Å². The molecule has 4 rings (SSSR count). The van der Waals surface area contributed by atoms with Gasteiger partial charge in [0.25, 0.3) is 5.91 Å². The van der Waals surface area contributed by atoms with Crippen LogP contribution in [0.5, 0.6) is 0 Å². The smallest absolute Gasteiger partial charge is 0.335 e. The predicted molar refractivity (Wildman–Crippen MR) is 129 cm³/mol. The summed E-state index contributed by atoms with van der Waals surface area (Å²) in [4.78, 5) is 23.7. The second-order valence-electron chi connectivity index (χ2n) is 7.72. The maximum absolute atomic E-state index is 12.8. The Hall–Kier alpha value is -4.01. The third kappa shape index (κ3) is 5.48. The monoisotopic (exact) mass is 474 g/mol. The van der Waals surface area contributed by atoms with E-state index in [1.54, 1.807) is 54.6 Å². The summed E-state index contributed by atoms with van der Waals surface area (Å²) in [7, 11) is -3.73.